The second-order valence-corrected chi connectivity index (χ2v) is 6.60. The third-order valence-corrected chi connectivity index (χ3v) is 4.12. The van der Waals surface area contributed by atoms with E-state index in [2.05, 4.69) is 60.4 Å². The van der Waals surface area contributed by atoms with Crippen LogP contribution in [0.4, 0.5) is 0 Å². The number of pyridine rings is 1. The van der Waals surface area contributed by atoms with E-state index in [1.165, 1.54) is 11.1 Å². The van der Waals surface area contributed by atoms with Gasteiger partial charge in [-0.1, -0.05) is 15.9 Å². The van der Waals surface area contributed by atoms with E-state index in [-0.39, 0.29) is 0 Å². The molecule has 0 atom stereocenters. The third kappa shape index (κ3) is 3.22. The van der Waals surface area contributed by atoms with Crippen LogP contribution in [0.25, 0.3) is 0 Å². The molecule has 104 valence electrons. The topological polar surface area (TPSA) is 34.2 Å². The molecular formula is C15H14Br2N2O. The molecule has 0 fully saturated rings. The van der Waals surface area contributed by atoms with E-state index in [0.29, 0.717) is 0 Å². The van der Waals surface area contributed by atoms with Crippen molar-refractivity contribution in [1.82, 2.24) is 10.3 Å². The van der Waals surface area contributed by atoms with Crippen molar-refractivity contribution in [2.75, 3.05) is 6.61 Å². The van der Waals surface area contributed by atoms with Gasteiger partial charge in [0.05, 0.1) is 6.61 Å². The van der Waals surface area contributed by atoms with Gasteiger partial charge in [-0.05, 0) is 45.3 Å². The summed E-state index contributed by atoms with van der Waals surface area (Å²) in [6.45, 7) is 2.36. The Morgan fingerprint density at radius 1 is 1.10 bits per heavy atom. The van der Waals surface area contributed by atoms with Crippen LogP contribution in [0.3, 0.4) is 0 Å². The highest BCUT2D eigenvalue weighted by molar-refractivity contribution is 9.10. The smallest absolute Gasteiger partial charge is 0.127 e. The van der Waals surface area contributed by atoms with Crippen molar-refractivity contribution < 1.29 is 4.74 Å². The fourth-order valence-corrected chi connectivity index (χ4v) is 3.34. The summed E-state index contributed by atoms with van der Waals surface area (Å²) in [5.74, 6) is 1.05. The zero-order chi connectivity index (χ0) is 13.9. The zero-order valence-corrected chi connectivity index (χ0v) is 14.0. The lowest BCUT2D eigenvalue weighted by atomic mass is 10.1. The highest BCUT2D eigenvalue weighted by Crippen LogP contribution is 2.32. The first-order chi connectivity index (χ1) is 9.72. The molecule has 1 aliphatic rings. The van der Waals surface area contributed by atoms with Crippen LogP contribution in [0.1, 0.15) is 16.7 Å². The second kappa shape index (κ2) is 6.24. The monoisotopic (exact) mass is 396 g/mol. The Bertz CT molecular complexity index is 631. The van der Waals surface area contributed by atoms with Gasteiger partial charge in [0.25, 0.3) is 0 Å². The van der Waals surface area contributed by atoms with Crippen LogP contribution in [0.2, 0.25) is 0 Å². The summed E-state index contributed by atoms with van der Waals surface area (Å²) in [5.41, 5.74) is 3.65. The molecule has 0 saturated heterocycles. The van der Waals surface area contributed by atoms with Crippen molar-refractivity contribution in [3.8, 4) is 5.75 Å². The normalized spacial score (nSPS) is 13.1. The second-order valence-electron chi connectivity index (χ2n) is 4.77. The van der Waals surface area contributed by atoms with Crippen LogP contribution in [0.5, 0.6) is 5.75 Å². The van der Waals surface area contributed by atoms with E-state index < -0.39 is 0 Å². The number of nitrogens with zero attached hydrogens (tertiary/aromatic N) is 1. The van der Waals surface area contributed by atoms with Gasteiger partial charge in [0, 0.05) is 46.4 Å². The summed E-state index contributed by atoms with van der Waals surface area (Å²) < 4.78 is 7.84. The lowest BCUT2D eigenvalue weighted by Crippen LogP contribution is -2.13. The molecule has 0 aliphatic carbocycles. The van der Waals surface area contributed by atoms with E-state index in [1.54, 1.807) is 6.20 Å². The molecule has 1 aromatic carbocycles. The summed E-state index contributed by atoms with van der Waals surface area (Å²) in [4.78, 5) is 4.16. The Balaban J connectivity index is 1.67. The molecule has 0 bridgehead atoms. The van der Waals surface area contributed by atoms with Crippen LogP contribution in [0, 0.1) is 0 Å². The van der Waals surface area contributed by atoms with E-state index in [1.807, 2.05) is 6.20 Å². The van der Waals surface area contributed by atoms with E-state index >= 15 is 0 Å². The number of ether oxygens (including phenoxy) is 1. The Morgan fingerprint density at radius 2 is 2.00 bits per heavy atom. The summed E-state index contributed by atoms with van der Waals surface area (Å²) in [5, 5.41) is 3.44. The molecule has 1 aromatic heterocycles. The molecule has 3 rings (SSSR count). The maximum absolute atomic E-state index is 5.73. The first-order valence-corrected chi connectivity index (χ1v) is 8.05. The van der Waals surface area contributed by atoms with Gasteiger partial charge in [0.1, 0.15) is 5.75 Å². The third-order valence-electron chi connectivity index (χ3n) is 3.23. The molecule has 0 unspecified atom stereocenters. The minimum Gasteiger partial charge on any atom is -0.493 e. The largest absolute Gasteiger partial charge is 0.493 e. The van der Waals surface area contributed by atoms with Crippen molar-refractivity contribution in [1.29, 1.82) is 0 Å². The summed E-state index contributed by atoms with van der Waals surface area (Å²) in [6.07, 6.45) is 4.66. The quantitative estimate of drug-likeness (QED) is 0.851. The molecule has 2 heterocycles. The Labute approximate surface area is 135 Å². The number of aromatic nitrogens is 1. The molecule has 3 nitrogen and oxygen atoms in total. The average molecular weight is 398 g/mol. The molecule has 1 N–H and O–H groups in total. The van der Waals surface area contributed by atoms with E-state index in [4.69, 9.17) is 4.74 Å². The number of hydrogen-bond donors (Lipinski definition) is 1. The van der Waals surface area contributed by atoms with Crippen LogP contribution < -0.4 is 10.1 Å². The molecule has 20 heavy (non-hydrogen) atoms. The van der Waals surface area contributed by atoms with E-state index in [0.717, 1.165) is 46.4 Å². The number of fused-ring (bicyclic) bond motifs is 1. The first kappa shape index (κ1) is 14.0. The molecule has 1 aliphatic heterocycles. The SMILES string of the molecule is Brc1cncc(CNCc2cc(Br)cc3c2OCC3)c1. The highest BCUT2D eigenvalue weighted by Gasteiger charge is 2.17. The van der Waals surface area contributed by atoms with Gasteiger partial charge < -0.3 is 10.1 Å². The van der Waals surface area contributed by atoms with Crippen molar-refractivity contribution >= 4 is 31.9 Å². The average Bonchev–Trinajstić information content (AvgIpc) is 2.87. The van der Waals surface area contributed by atoms with Crippen LogP contribution in [-0.2, 0) is 19.5 Å². The van der Waals surface area contributed by atoms with Crippen molar-refractivity contribution in [3.63, 3.8) is 0 Å². The lowest BCUT2D eigenvalue weighted by molar-refractivity contribution is 0.352. The van der Waals surface area contributed by atoms with E-state index in [9.17, 15) is 0 Å². The summed E-state index contributed by atoms with van der Waals surface area (Å²) >= 11 is 7.00. The molecule has 0 saturated carbocycles. The van der Waals surface area contributed by atoms with Crippen LogP contribution in [-0.4, -0.2) is 11.6 Å². The van der Waals surface area contributed by atoms with Crippen LogP contribution >= 0.6 is 31.9 Å². The van der Waals surface area contributed by atoms with Gasteiger partial charge in [0.2, 0.25) is 0 Å². The Morgan fingerprint density at radius 3 is 2.85 bits per heavy atom. The Hall–Kier alpha value is -0.910. The van der Waals surface area contributed by atoms with Gasteiger partial charge in [-0.25, -0.2) is 0 Å². The molecule has 0 radical (unpaired) electrons. The fraction of sp³-hybridized carbons (Fsp3) is 0.267. The first-order valence-electron chi connectivity index (χ1n) is 6.46. The lowest BCUT2D eigenvalue weighted by Gasteiger charge is -2.10. The predicted octanol–water partition coefficient (Wildman–Crippen LogP) is 3.83. The Kier molecular flexibility index (Phi) is 4.38. The molecular weight excluding hydrogens is 384 g/mol. The number of rotatable bonds is 4. The molecule has 0 amide bonds. The number of nitrogens with one attached hydrogen (secondary N) is 1. The zero-order valence-electron chi connectivity index (χ0n) is 10.8. The summed E-state index contributed by atoms with van der Waals surface area (Å²) in [7, 11) is 0. The fourth-order valence-electron chi connectivity index (χ4n) is 2.37. The predicted molar refractivity (Wildman–Crippen MR) is 85.8 cm³/mol. The van der Waals surface area contributed by atoms with Gasteiger partial charge >= 0.3 is 0 Å². The number of benzene rings is 1. The minimum absolute atomic E-state index is 0.785. The number of halogens is 2. The maximum atomic E-state index is 5.73. The molecule has 5 heteroatoms. The van der Waals surface area contributed by atoms with Gasteiger partial charge in [-0.2, -0.15) is 0 Å². The van der Waals surface area contributed by atoms with Gasteiger partial charge in [0.15, 0.2) is 0 Å². The standard InChI is InChI=1S/C15H14Br2N2O/c16-13-4-11-1-2-20-15(11)12(5-13)8-18-6-10-3-14(17)9-19-7-10/h3-5,7,9,18H,1-2,6,8H2. The van der Waals surface area contributed by atoms with Crippen molar-refractivity contribution in [2.24, 2.45) is 0 Å². The van der Waals surface area contributed by atoms with Crippen molar-refractivity contribution in [3.05, 3.63) is 56.2 Å². The van der Waals surface area contributed by atoms with Gasteiger partial charge in [-0.15, -0.1) is 0 Å². The molecule has 2 aromatic rings. The maximum Gasteiger partial charge on any atom is 0.127 e. The number of hydrogen-bond acceptors (Lipinski definition) is 3. The molecule has 0 spiro atoms. The summed E-state index contributed by atoms with van der Waals surface area (Å²) in [6, 6.07) is 6.34. The van der Waals surface area contributed by atoms with Crippen molar-refractivity contribution in [2.45, 2.75) is 19.5 Å². The highest BCUT2D eigenvalue weighted by atomic mass is 79.9. The van der Waals surface area contributed by atoms with Gasteiger partial charge in [-0.3, -0.25) is 4.98 Å². The van der Waals surface area contributed by atoms with Crippen LogP contribution in [0.15, 0.2) is 39.5 Å². The minimum atomic E-state index is 0.785.